The summed E-state index contributed by atoms with van der Waals surface area (Å²) in [6.45, 7) is 13.7. The second kappa shape index (κ2) is 41.2. The first-order chi connectivity index (χ1) is 29.3. The predicted octanol–water partition coefficient (Wildman–Crippen LogP) is -1.68. The van der Waals surface area contributed by atoms with Gasteiger partial charge in [-0.1, -0.05) is 27.7 Å². The predicted molar refractivity (Wildman–Crippen MR) is 227 cm³/mol. The molecule has 0 radical (unpaired) electrons. The monoisotopic (exact) mass is 880 g/mol. The number of primary amides is 2. The third kappa shape index (κ3) is 37.3. The van der Waals surface area contributed by atoms with Crippen molar-refractivity contribution in [3.8, 4) is 0 Å². The van der Waals surface area contributed by atoms with Gasteiger partial charge in [0.25, 0.3) is 0 Å². The summed E-state index contributed by atoms with van der Waals surface area (Å²) in [4.78, 5) is 83.5. The summed E-state index contributed by atoms with van der Waals surface area (Å²) in [7, 11) is 0. The highest BCUT2D eigenvalue weighted by molar-refractivity contribution is 5.91. The van der Waals surface area contributed by atoms with E-state index in [0.717, 1.165) is 12.8 Å². The van der Waals surface area contributed by atoms with Crippen LogP contribution in [0.5, 0.6) is 0 Å². The summed E-state index contributed by atoms with van der Waals surface area (Å²) in [5.41, 5.74) is 15.9. The van der Waals surface area contributed by atoms with Crippen molar-refractivity contribution < 1.29 is 62.0 Å². The van der Waals surface area contributed by atoms with E-state index in [1.165, 1.54) is 6.92 Å². The van der Waals surface area contributed by atoms with Gasteiger partial charge in [-0.15, -0.1) is 0 Å². The van der Waals surface area contributed by atoms with Crippen molar-refractivity contribution >= 4 is 41.5 Å². The number of rotatable bonds is 39. The number of nitrogens with two attached hydrogens (primary N) is 3. The lowest BCUT2D eigenvalue weighted by Gasteiger charge is -2.24. The van der Waals surface area contributed by atoms with Crippen LogP contribution in [0.15, 0.2) is 0 Å². The minimum Gasteiger partial charge on any atom is -0.379 e. The van der Waals surface area contributed by atoms with Gasteiger partial charge in [-0.2, -0.15) is 0 Å². The van der Waals surface area contributed by atoms with Crippen molar-refractivity contribution in [1.82, 2.24) is 31.9 Å². The molecule has 0 bridgehead atoms. The van der Waals surface area contributed by atoms with Gasteiger partial charge in [0.2, 0.25) is 35.4 Å². The van der Waals surface area contributed by atoms with Gasteiger partial charge >= 0.3 is 6.03 Å². The summed E-state index contributed by atoms with van der Waals surface area (Å²) in [6, 6.07) is -3.16. The van der Waals surface area contributed by atoms with Gasteiger partial charge in [-0.3, -0.25) is 28.8 Å². The molecule has 3 unspecified atom stereocenters. The molecule has 0 aliphatic heterocycles. The molecule has 0 aliphatic rings. The number of amides is 8. The Kier molecular flexibility index (Phi) is 39.8. The Balaban J connectivity index is 0. The molecular formula is C39H77N9O13. The minimum absolute atomic E-state index is 0.00778. The van der Waals surface area contributed by atoms with Crippen LogP contribution in [0.1, 0.15) is 79.6 Å². The molecule has 8 amide bonds. The second-order valence-electron chi connectivity index (χ2n) is 13.5. The molecule has 0 aliphatic carbocycles. The standard InChI is InChI=1S/C37H71N9O13.C2H6/c1-27(2)33(36(52)45-29(34(39)50)8-6-12-43-37(40)53)46-32(49)10-16-55-20-24-59-25-21-56-17-13-41-31(48)9-15-54-19-23-58-26-22-57-18-14-42-35(51)30(44-28(3)47)7-4-5-11-38;1-2/h27,29-30,33H,4-26,38H2,1-3H3,(H2,39,50)(H,41,48)(H,42,51)(H,44,47)(H,45,52)(H,46,49)(H3,40,43,53);1-2H3. The number of carbonyl (C=O) groups excluding carboxylic acids is 7. The van der Waals surface area contributed by atoms with Crippen LogP contribution in [0.2, 0.25) is 0 Å². The summed E-state index contributed by atoms with van der Waals surface area (Å²) in [5.74, 6) is -2.65. The number of hydrogen-bond acceptors (Lipinski definition) is 14. The number of unbranched alkanes of at least 4 members (excludes halogenated alkanes) is 1. The maximum absolute atomic E-state index is 12.8. The first-order valence-corrected chi connectivity index (χ1v) is 21.2. The molecule has 0 rings (SSSR count). The summed E-state index contributed by atoms with van der Waals surface area (Å²) in [6.07, 6.45) is 2.79. The Hall–Kier alpha value is -4.19. The van der Waals surface area contributed by atoms with Crippen LogP contribution in [0.4, 0.5) is 4.79 Å². The van der Waals surface area contributed by atoms with Gasteiger partial charge in [0, 0.05) is 39.4 Å². The van der Waals surface area contributed by atoms with E-state index in [-0.39, 0.29) is 75.9 Å². The van der Waals surface area contributed by atoms with E-state index in [0.29, 0.717) is 85.3 Å². The normalized spacial score (nSPS) is 12.2. The lowest BCUT2D eigenvalue weighted by atomic mass is 10.0. The molecule has 0 saturated heterocycles. The van der Waals surface area contributed by atoms with Crippen molar-refractivity contribution in [2.75, 3.05) is 105 Å². The fourth-order valence-electron chi connectivity index (χ4n) is 4.99. The highest BCUT2D eigenvalue weighted by Gasteiger charge is 2.28. The summed E-state index contributed by atoms with van der Waals surface area (Å²) < 4.78 is 32.6. The molecule has 0 saturated carbocycles. The van der Waals surface area contributed by atoms with E-state index in [2.05, 4.69) is 31.9 Å². The fourth-order valence-corrected chi connectivity index (χ4v) is 4.99. The first kappa shape index (κ1) is 58.9. The Labute approximate surface area is 361 Å². The van der Waals surface area contributed by atoms with Gasteiger partial charge < -0.3 is 77.5 Å². The third-order valence-electron chi connectivity index (χ3n) is 8.08. The Morgan fingerprint density at radius 3 is 1.46 bits per heavy atom. The highest BCUT2D eigenvalue weighted by Crippen LogP contribution is 2.05. The van der Waals surface area contributed by atoms with Gasteiger partial charge in [0.1, 0.15) is 18.1 Å². The van der Waals surface area contributed by atoms with E-state index in [1.807, 2.05) is 13.8 Å². The summed E-state index contributed by atoms with van der Waals surface area (Å²) >= 11 is 0. The van der Waals surface area contributed by atoms with E-state index < -0.39 is 41.9 Å². The molecule has 22 heteroatoms. The van der Waals surface area contributed by atoms with Crippen LogP contribution in [-0.4, -0.2) is 165 Å². The molecule has 12 N–H and O–H groups in total. The van der Waals surface area contributed by atoms with Crippen molar-refractivity contribution in [3.05, 3.63) is 0 Å². The van der Waals surface area contributed by atoms with Crippen LogP contribution in [0.25, 0.3) is 0 Å². The maximum Gasteiger partial charge on any atom is 0.312 e. The molecule has 356 valence electrons. The average Bonchev–Trinajstić information content (AvgIpc) is 3.21. The van der Waals surface area contributed by atoms with Crippen molar-refractivity contribution in [1.29, 1.82) is 0 Å². The van der Waals surface area contributed by atoms with Gasteiger partial charge in [0.15, 0.2) is 0 Å². The zero-order valence-corrected chi connectivity index (χ0v) is 37.1. The highest BCUT2D eigenvalue weighted by atomic mass is 16.5. The van der Waals surface area contributed by atoms with Crippen LogP contribution in [0.3, 0.4) is 0 Å². The van der Waals surface area contributed by atoms with Gasteiger partial charge in [-0.25, -0.2) is 4.79 Å². The van der Waals surface area contributed by atoms with Gasteiger partial charge in [-0.05, 0) is 44.6 Å². The Bertz CT molecular complexity index is 1200. The first-order valence-electron chi connectivity index (χ1n) is 21.2. The molecule has 0 aromatic heterocycles. The molecule has 0 heterocycles. The Morgan fingerprint density at radius 2 is 0.984 bits per heavy atom. The van der Waals surface area contributed by atoms with E-state index in [1.54, 1.807) is 13.8 Å². The lowest BCUT2D eigenvalue weighted by molar-refractivity contribution is -0.132. The molecule has 22 nitrogen and oxygen atoms in total. The molecule has 0 fully saturated rings. The van der Waals surface area contributed by atoms with Crippen molar-refractivity contribution in [2.45, 2.75) is 97.7 Å². The van der Waals surface area contributed by atoms with Crippen molar-refractivity contribution in [3.63, 3.8) is 0 Å². The van der Waals surface area contributed by atoms with Crippen molar-refractivity contribution in [2.24, 2.45) is 23.1 Å². The number of urea groups is 1. The largest absolute Gasteiger partial charge is 0.379 e. The summed E-state index contributed by atoms with van der Waals surface area (Å²) in [5, 5.41) is 15.8. The van der Waals surface area contributed by atoms with E-state index in [9.17, 15) is 33.6 Å². The smallest absolute Gasteiger partial charge is 0.312 e. The van der Waals surface area contributed by atoms with Crippen LogP contribution in [0, 0.1) is 5.92 Å². The average molecular weight is 880 g/mol. The Morgan fingerprint density at radius 1 is 0.508 bits per heavy atom. The molecule has 0 aromatic carbocycles. The van der Waals surface area contributed by atoms with E-state index >= 15 is 0 Å². The molecule has 61 heavy (non-hydrogen) atoms. The third-order valence-corrected chi connectivity index (χ3v) is 8.08. The zero-order chi connectivity index (χ0) is 46.1. The molecule has 0 spiro atoms. The molecular weight excluding hydrogens is 802 g/mol. The molecule has 0 aromatic rings. The molecule has 3 atom stereocenters. The lowest BCUT2D eigenvalue weighted by Crippen LogP contribution is -2.54. The minimum atomic E-state index is -0.974. The number of hydrogen-bond donors (Lipinski definition) is 9. The van der Waals surface area contributed by atoms with Crippen LogP contribution in [-0.2, 0) is 57.2 Å². The number of nitrogens with one attached hydrogen (secondary N) is 6. The van der Waals surface area contributed by atoms with Gasteiger partial charge in [0.05, 0.1) is 79.3 Å². The fraction of sp³-hybridized carbons (Fsp3) is 0.821. The van der Waals surface area contributed by atoms with Crippen LogP contribution < -0.4 is 49.1 Å². The maximum atomic E-state index is 12.8. The SMILES string of the molecule is CC.CC(=O)NC(CCCCN)C(=O)NCCOCCOCCOCCC(=O)NCCOCCOCCOCCC(=O)NC(C(=O)NC(CCCNC(N)=O)C(N)=O)C(C)C. The van der Waals surface area contributed by atoms with Crippen LogP contribution >= 0.6 is 0 Å². The zero-order valence-electron chi connectivity index (χ0n) is 37.1. The number of carbonyl (C=O) groups is 7. The topological polar surface area (TPSA) is 325 Å². The number of ether oxygens (including phenoxy) is 6. The quantitative estimate of drug-likeness (QED) is 0.0312. The van der Waals surface area contributed by atoms with E-state index in [4.69, 9.17) is 45.6 Å². The second-order valence-corrected chi connectivity index (χ2v) is 13.5.